The van der Waals surface area contributed by atoms with Gasteiger partial charge in [0, 0.05) is 0 Å². The van der Waals surface area contributed by atoms with Crippen molar-refractivity contribution in [2.45, 2.75) is 12.8 Å². The fourth-order valence-corrected chi connectivity index (χ4v) is 3.26. The van der Waals surface area contributed by atoms with Gasteiger partial charge in [-0.15, -0.1) is 13.2 Å². The van der Waals surface area contributed by atoms with Gasteiger partial charge in [0.15, 0.2) is 0 Å². The van der Waals surface area contributed by atoms with Crippen LogP contribution < -0.4 is 4.74 Å². The molecule has 3 aromatic rings. The summed E-state index contributed by atoms with van der Waals surface area (Å²) in [5, 5.41) is 0. The van der Waals surface area contributed by atoms with Crippen molar-refractivity contribution in [3.8, 4) is 28.0 Å². The molecule has 1 aliphatic carbocycles. The summed E-state index contributed by atoms with van der Waals surface area (Å²) in [5.41, 5.74) is 6.83. The molecule has 1 nitrogen and oxygen atoms in total. The molecule has 0 radical (unpaired) electrons. The molecule has 0 bridgehead atoms. The van der Waals surface area contributed by atoms with E-state index in [2.05, 4.69) is 22.9 Å². The summed E-state index contributed by atoms with van der Waals surface area (Å²) >= 11 is 0. The lowest BCUT2D eigenvalue weighted by atomic mass is 9.96. The summed E-state index contributed by atoms with van der Waals surface area (Å²) in [4.78, 5) is 0. The van der Waals surface area contributed by atoms with E-state index >= 15 is 0 Å². The van der Waals surface area contributed by atoms with Crippen molar-refractivity contribution < 1.29 is 17.9 Å². The number of hydrogen-bond donors (Lipinski definition) is 0. The van der Waals surface area contributed by atoms with Gasteiger partial charge >= 0.3 is 6.36 Å². The maximum Gasteiger partial charge on any atom is 0.573 e. The van der Waals surface area contributed by atoms with Gasteiger partial charge in [-0.05, 0) is 51.9 Å². The zero-order chi connectivity index (χ0) is 16.7. The van der Waals surface area contributed by atoms with Gasteiger partial charge < -0.3 is 4.74 Å². The molecule has 4 rings (SSSR count). The standard InChI is InChI=1S/C20H13F3O/c21-20(22,23)24-15-10-8-13(9-11-15)16-6-3-7-18-17-5-2-1-4-14(17)12-19(16)18/h1-11H,12H2. The first-order chi connectivity index (χ1) is 11.5. The fraction of sp³-hybridized carbons (Fsp3) is 0.100. The lowest BCUT2D eigenvalue weighted by Crippen LogP contribution is -2.16. The van der Waals surface area contributed by atoms with Crippen LogP contribution in [0, 0.1) is 0 Å². The van der Waals surface area contributed by atoms with Gasteiger partial charge in [0.25, 0.3) is 0 Å². The predicted molar refractivity (Wildman–Crippen MR) is 86.8 cm³/mol. The number of alkyl halides is 3. The Morgan fingerprint density at radius 1 is 0.708 bits per heavy atom. The van der Waals surface area contributed by atoms with Gasteiger partial charge in [0.05, 0.1) is 0 Å². The maximum atomic E-state index is 12.3. The molecule has 1 aliphatic rings. The number of fused-ring (bicyclic) bond motifs is 3. The van der Waals surface area contributed by atoms with E-state index in [1.807, 2.05) is 24.3 Å². The summed E-state index contributed by atoms with van der Waals surface area (Å²) in [7, 11) is 0. The Bertz CT molecular complexity index is 896. The number of benzene rings is 3. The molecule has 120 valence electrons. The minimum atomic E-state index is -4.67. The summed E-state index contributed by atoms with van der Waals surface area (Å²) in [6.07, 6.45) is -3.83. The third-order valence-corrected chi connectivity index (χ3v) is 4.25. The van der Waals surface area contributed by atoms with E-state index in [1.54, 1.807) is 12.1 Å². The first-order valence-corrected chi connectivity index (χ1v) is 7.58. The largest absolute Gasteiger partial charge is 0.573 e. The Labute approximate surface area is 137 Å². The maximum absolute atomic E-state index is 12.3. The van der Waals surface area contributed by atoms with Crippen LogP contribution in [0.15, 0.2) is 66.7 Å². The van der Waals surface area contributed by atoms with Gasteiger partial charge in [-0.1, -0.05) is 54.6 Å². The second kappa shape index (κ2) is 5.41. The molecule has 0 unspecified atom stereocenters. The number of hydrogen-bond acceptors (Lipinski definition) is 1. The van der Waals surface area contributed by atoms with Crippen molar-refractivity contribution >= 4 is 0 Å². The molecule has 0 aromatic heterocycles. The average molecular weight is 326 g/mol. The molecule has 24 heavy (non-hydrogen) atoms. The van der Waals surface area contributed by atoms with Crippen LogP contribution >= 0.6 is 0 Å². The smallest absolute Gasteiger partial charge is 0.406 e. The first kappa shape index (κ1) is 14.8. The Kier molecular flexibility index (Phi) is 3.34. The molecule has 0 aliphatic heterocycles. The second-order valence-electron chi connectivity index (χ2n) is 5.74. The van der Waals surface area contributed by atoms with Crippen molar-refractivity contribution in [1.29, 1.82) is 0 Å². The molecular formula is C20H13F3O. The van der Waals surface area contributed by atoms with Gasteiger partial charge in [-0.25, -0.2) is 0 Å². The van der Waals surface area contributed by atoms with E-state index in [0.29, 0.717) is 0 Å². The lowest BCUT2D eigenvalue weighted by molar-refractivity contribution is -0.274. The predicted octanol–water partition coefficient (Wildman–Crippen LogP) is 5.82. The monoisotopic (exact) mass is 326 g/mol. The van der Waals surface area contributed by atoms with Gasteiger partial charge in [-0.2, -0.15) is 0 Å². The Morgan fingerprint density at radius 3 is 2.12 bits per heavy atom. The SMILES string of the molecule is FC(F)(F)Oc1ccc(-c2cccc3c2Cc2ccccc2-3)cc1. The molecule has 4 heteroatoms. The zero-order valence-electron chi connectivity index (χ0n) is 12.6. The van der Waals surface area contributed by atoms with Crippen molar-refractivity contribution in [3.63, 3.8) is 0 Å². The Balaban J connectivity index is 1.72. The quantitative estimate of drug-likeness (QED) is 0.451. The normalized spacial score (nSPS) is 12.6. The Hall–Kier alpha value is -2.75. The van der Waals surface area contributed by atoms with E-state index in [1.165, 1.54) is 34.4 Å². The Morgan fingerprint density at radius 2 is 1.38 bits per heavy atom. The van der Waals surface area contributed by atoms with E-state index in [-0.39, 0.29) is 5.75 Å². The van der Waals surface area contributed by atoms with E-state index in [9.17, 15) is 13.2 Å². The summed E-state index contributed by atoms with van der Waals surface area (Å²) in [6.45, 7) is 0. The molecule has 0 atom stereocenters. The lowest BCUT2D eigenvalue weighted by Gasteiger charge is -2.11. The average Bonchev–Trinajstić information content (AvgIpc) is 2.93. The molecular weight excluding hydrogens is 313 g/mol. The molecule has 0 heterocycles. The van der Waals surface area contributed by atoms with Crippen LogP contribution in [-0.2, 0) is 6.42 Å². The van der Waals surface area contributed by atoms with E-state index < -0.39 is 6.36 Å². The van der Waals surface area contributed by atoms with Gasteiger partial charge in [0.2, 0.25) is 0 Å². The fourth-order valence-electron chi connectivity index (χ4n) is 3.26. The van der Waals surface area contributed by atoms with Crippen LogP contribution in [-0.4, -0.2) is 6.36 Å². The number of ether oxygens (including phenoxy) is 1. The minimum absolute atomic E-state index is 0.206. The highest BCUT2D eigenvalue weighted by atomic mass is 19.4. The van der Waals surface area contributed by atoms with Gasteiger partial charge in [0.1, 0.15) is 5.75 Å². The third-order valence-electron chi connectivity index (χ3n) is 4.25. The van der Waals surface area contributed by atoms with Crippen LogP contribution in [0.2, 0.25) is 0 Å². The molecule has 3 aromatic carbocycles. The van der Waals surface area contributed by atoms with E-state index in [0.717, 1.165) is 17.5 Å². The van der Waals surface area contributed by atoms with Crippen molar-refractivity contribution in [2.24, 2.45) is 0 Å². The van der Waals surface area contributed by atoms with Gasteiger partial charge in [-0.3, -0.25) is 0 Å². The van der Waals surface area contributed by atoms with Crippen molar-refractivity contribution in [1.82, 2.24) is 0 Å². The van der Waals surface area contributed by atoms with Crippen molar-refractivity contribution in [2.75, 3.05) is 0 Å². The minimum Gasteiger partial charge on any atom is -0.406 e. The number of halogens is 3. The molecule has 0 N–H and O–H groups in total. The summed E-state index contributed by atoms with van der Waals surface area (Å²) in [6, 6.07) is 20.4. The van der Waals surface area contributed by atoms with Crippen LogP contribution in [0.4, 0.5) is 13.2 Å². The topological polar surface area (TPSA) is 9.23 Å². The summed E-state index contributed by atoms with van der Waals surface area (Å²) in [5.74, 6) is -0.206. The number of rotatable bonds is 2. The molecule has 0 saturated carbocycles. The first-order valence-electron chi connectivity index (χ1n) is 7.58. The third kappa shape index (κ3) is 2.64. The molecule has 0 spiro atoms. The highest BCUT2D eigenvalue weighted by molar-refractivity contribution is 5.84. The zero-order valence-corrected chi connectivity index (χ0v) is 12.6. The highest BCUT2D eigenvalue weighted by Crippen LogP contribution is 2.41. The molecule has 0 amide bonds. The molecule has 0 saturated heterocycles. The van der Waals surface area contributed by atoms with E-state index in [4.69, 9.17) is 0 Å². The molecule has 0 fully saturated rings. The van der Waals surface area contributed by atoms with Crippen LogP contribution in [0.25, 0.3) is 22.3 Å². The van der Waals surface area contributed by atoms with Crippen LogP contribution in [0.1, 0.15) is 11.1 Å². The summed E-state index contributed by atoms with van der Waals surface area (Å²) < 4.78 is 40.8. The van der Waals surface area contributed by atoms with Crippen LogP contribution in [0.3, 0.4) is 0 Å². The van der Waals surface area contributed by atoms with Crippen molar-refractivity contribution in [3.05, 3.63) is 77.9 Å². The second-order valence-corrected chi connectivity index (χ2v) is 5.74. The highest BCUT2D eigenvalue weighted by Gasteiger charge is 2.31. The van der Waals surface area contributed by atoms with Crippen LogP contribution in [0.5, 0.6) is 5.75 Å².